The molecule has 1 atom stereocenters. The number of carbonyl (C=O) groups is 1. The van der Waals surface area contributed by atoms with Crippen molar-refractivity contribution in [1.29, 1.82) is 0 Å². The summed E-state index contributed by atoms with van der Waals surface area (Å²) in [7, 11) is -3.86. The zero-order valence-corrected chi connectivity index (χ0v) is 18.2. The molecule has 5 nitrogen and oxygen atoms in total. The van der Waals surface area contributed by atoms with Crippen LogP contribution in [0.1, 0.15) is 22.3 Å². The summed E-state index contributed by atoms with van der Waals surface area (Å²) in [5.41, 5.74) is 4.50. The molecule has 30 heavy (non-hydrogen) atoms. The smallest absolute Gasteiger partial charge is 0.242 e. The van der Waals surface area contributed by atoms with E-state index in [0.29, 0.717) is 5.69 Å². The normalized spacial score (nSPS) is 12.4. The van der Waals surface area contributed by atoms with Crippen LogP contribution in [0.3, 0.4) is 0 Å². The number of hydrogen-bond acceptors (Lipinski definition) is 3. The Morgan fingerprint density at radius 1 is 0.867 bits per heavy atom. The summed E-state index contributed by atoms with van der Waals surface area (Å²) in [5, 5.41) is 2.88. The second-order valence-electron chi connectivity index (χ2n) is 7.48. The average Bonchev–Trinajstić information content (AvgIpc) is 2.70. The Morgan fingerprint density at radius 3 is 2.13 bits per heavy atom. The summed E-state index contributed by atoms with van der Waals surface area (Å²) in [5.74, 6) is -0.401. The molecule has 0 aliphatic rings. The molecule has 0 aromatic heterocycles. The van der Waals surface area contributed by atoms with Crippen molar-refractivity contribution in [3.05, 3.63) is 95.1 Å². The van der Waals surface area contributed by atoms with Crippen LogP contribution in [-0.2, 0) is 21.2 Å². The van der Waals surface area contributed by atoms with E-state index in [9.17, 15) is 13.2 Å². The molecule has 156 valence electrons. The van der Waals surface area contributed by atoms with Crippen molar-refractivity contribution >= 4 is 21.6 Å². The van der Waals surface area contributed by atoms with Crippen molar-refractivity contribution in [2.24, 2.45) is 0 Å². The Morgan fingerprint density at radius 2 is 1.50 bits per heavy atom. The first-order valence-electron chi connectivity index (χ1n) is 9.75. The molecule has 0 saturated carbocycles. The largest absolute Gasteiger partial charge is 0.324 e. The molecule has 0 heterocycles. The molecule has 0 unspecified atom stereocenters. The van der Waals surface area contributed by atoms with Gasteiger partial charge in [0.2, 0.25) is 15.9 Å². The zero-order valence-electron chi connectivity index (χ0n) is 17.3. The molecule has 0 bridgehead atoms. The van der Waals surface area contributed by atoms with Gasteiger partial charge in [-0.2, -0.15) is 4.72 Å². The molecule has 0 aliphatic carbocycles. The second kappa shape index (κ2) is 9.24. The molecule has 0 fully saturated rings. The molecule has 0 saturated heterocycles. The van der Waals surface area contributed by atoms with E-state index >= 15 is 0 Å². The fourth-order valence-corrected chi connectivity index (χ4v) is 4.38. The number of nitrogens with one attached hydrogen (secondary N) is 2. The molecule has 3 aromatic carbocycles. The maximum absolute atomic E-state index is 13.1. The van der Waals surface area contributed by atoms with E-state index in [1.54, 1.807) is 24.3 Å². The van der Waals surface area contributed by atoms with Gasteiger partial charge in [-0.3, -0.25) is 4.79 Å². The first-order chi connectivity index (χ1) is 14.2. The molecule has 0 spiro atoms. The molecule has 2 N–H and O–H groups in total. The van der Waals surface area contributed by atoms with Gasteiger partial charge >= 0.3 is 0 Å². The van der Waals surface area contributed by atoms with Crippen LogP contribution in [0.15, 0.2) is 77.7 Å². The lowest BCUT2D eigenvalue weighted by molar-refractivity contribution is -0.117. The van der Waals surface area contributed by atoms with Crippen molar-refractivity contribution < 1.29 is 13.2 Å². The Kier molecular flexibility index (Phi) is 6.70. The Hall–Kier alpha value is -2.96. The van der Waals surface area contributed by atoms with Crippen LogP contribution < -0.4 is 10.0 Å². The number of sulfonamides is 1. The molecule has 6 heteroatoms. The lowest BCUT2D eigenvalue weighted by Gasteiger charge is -2.20. The third kappa shape index (κ3) is 5.55. The minimum atomic E-state index is -3.86. The Labute approximate surface area is 178 Å². The standard InChI is InChI=1S/C24H26N2O3S/c1-17-9-12-21(13-10-17)30(28,29)26-23(16-20-7-5-4-6-8-20)24(27)25-22-14-11-18(2)15-19(22)3/h4-15,23,26H,16H2,1-3H3,(H,25,27)/t23-/m1/s1. The second-order valence-corrected chi connectivity index (χ2v) is 9.20. The number of hydrogen-bond donors (Lipinski definition) is 2. The van der Waals surface area contributed by atoms with E-state index in [2.05, 4.69) is 10.0 Å². The molecular weight excluding hydrogens is 396 g/mol. The lowest BCUT2D eigenvalue weighted by atomic mass is 10.1. The van der Waals surface area contributed by atoms with Gasteiger partial charge in [0.15, 0.2) is 0 Å². The number of amides is 1. The van der Waals surface area contributed by atoms with Crippen molar-refractivity contribution in [3.63, 3.8) is 0 Å². The van der Waals surface area contributed by atoms with E-state index in [-0.39, 0.29) is 11.3 Å². The van der Waals surface area contributed by atoms with Gasteiger partial charge in [0.25, 0.3) is 0 Å². The molecular formula is C24H26N2O3S. The van der Waals surface area contributed by atoms with Gasteiger partial charge in [0, 0.05) is 5.69 Å². The number of rotatable bonds is 7. The van der Waals surface area contributed by atoms with Crippen molar-refractivity contribution in [2.45, 2.75) is 38.1 Å². The van der Waals surface area contributed by atoms with E-state index in [0.717, 1.165) is 22.3 Å². The zero-order chi connectivity index (χ0) is 21.7. The average molecular weight is 423 g/mol. The summed E-state index contributed by atoms with van der Waals surface area (Å²) >= 11 is 0. The first-order valence-corrected chi connectivity index (χ1v) is 11.2. The summed E-state index contributed by atoms with van der Waals surface area (Å²) < 4.78 is 28.4. The first kappa shape index (κ1) is 21.7. The van der Waals surface area contributed by atoms with E-state index in [4.69, 9.17) is 0 Å². The number of aryl methyl sites for hydroxylation is 3. The predicted molar refractivity (Wildman–Crippen MR) is 120 cm³/mol. The van der Waals surface area contributed by atoms with Crippen LogP contribution in [0.4, 0.5) is 5.69 Å². The lowest BCUT2D eigenvalue weighted by Crippen LogP contribution is -2.45. The third-order valence-corrected chi connectivity index (χ3v) is 6.36. The monoisotopic (exact) mass is 422 g/mol. The maximum atomic E-state index is 13.1. The highest BCUT2D eigenvalue weighted by atomic mass is 32.2. The quantitative estimate of drug-likeness (QED) is 0.601. The molecule has 3 aromatic rings. The van der Waals surface area contributed by atoms with Crippen molar-refractivity contribution in [2.75, 3.05) is 5.32 Å². The summed E-state index contributed by atoms with van der Waals surface area (Å²) in [6.45, 7) is 5.77. The van der Waals surface area contributed by atoms with E-state index in [1.807, 2.05) is 69.3 Å². The highest BCUT2D eigenvalue weighted by Crippen LogP contribution is 2.18. The summed E-state index contributed by atoms with van der Waals surface area (Å²) in [4.78, 5) is 13.2. The number of benzene rings is 3. The Bertz CT molecular complexity index is 1120. The van der Waals surface area contributed by atoms with E-state index in [1.165, 1.54) is 0 Å². The highest BCUT2D eigenvalue weighted by Gasteiger charge is 2.26. The van der Waals surface area contributed by atoms with Crippen LogP contribution in [0.2, 0.25) is 0 Å². The molecule has 3 rings (SSSR count). The summed E-state index contributed by atoms with van der Waals surface area (Å²) in [6, 6.07) is 20.6. The Balaban J connectivity index is 1.87. The van der Waals surface area contributed by atoms with Crippen LogP contribution in [-0.4, -0.2) is 20.4 Å². The fraction of sp³-hybridized carbons (Fsp3) is 0.208. The molecule has 1 amide bonds. The van der Waals surface area contributed by atoms with Crippen molar-refractivity contribution in [3.8, 4) is 0 Å². The maximum Gasteiger partial charge on any atom is 0.242 e. The van der Waals surface area contributed by atoms with Crippen molar-refractivity contribution in [1.82, 2.24) is 4.72 Å². The van der Waals surface area contributed by atoms with Gasteiger partial charge in [-0.15, -0.1) is 0 Å². The topological polar surface area (TPSA) is 75.3 Å². The molecule has 0 radical (unpaired) electrons. The van der Waals surface area contributed by atoms with Crippen LogP contribution in [0, 0.1) is 20.8 Å². The van der Waals surface area contributed by atoms with Gasteiger partial charge < -0.3 is 5.32 Å². The van der Waals surface area contributed by atoms with Gasteiger partial charge in [-0.25, -0.2) is 8.42 Å². The number of anilines is 1. The minimum Gasteiger partial charge on any atom is -0.324 e. The van der Waals surface area contributed by atoms with Gasteiger partial charge in [-0.1, -0.05) is 65.7 Å². The minimum absolute atomic E-state index is 0.130. The highest BCUT2D eigenvalue weighted by molar-refractivity contribution is 7.89. The van der Waals surface area contributed by atoms with Gasteiger partial charge in [-0.05, 0) is 56.5 Å². The number of carbonyl (C=O) groups excluding carboxylic acids is 1. The summed E-state index contributed by atoms with van der Waals surface area (Å²) in [6.07, 6.45) is 0.239. The molecule has 0 aliphatic heterocycles. The SMILES string of the molecule is Cc1ccc(S(=O)(=O)N[C@H](Cc2ccccc2)C(=O)Nc2ccc(C)cc2C)cc1. The predicted octanol–water partition coefficient (Wildman–Crippen LogP) is 4.14. The van der Waals surface area contributed by atoms with Crippen LogP contribution in [0.25, 0.3) is 0 Å². The van der Waals surface area contributed by atoms with E-state index < -0.39 is 22.0 Å². The fourth-order valence-electron chi connectivity index (χ4n) is 3.18. The third-order valence-electron chi connectivity index (χ3n) is 4.87. The van der Waals surface area contributed by atoms with Gasteiger partial charge in [0.05, 0.1) is 4.90 Å². The van der Waals surface area contributed by atoms with Gasteiger partial charge in [0.1, 0.15) is 6.04 Å². The van der Waals surface area contributed by atoms with Crippen LogP contribution >= 0.6 is 0 Å². The van der Waals surface area contributed by atoms with Crippen LogP contribution in [0.5, 0.6) is 0 Å².